The summed E-state index contributed by atoms with van der Waals surface area (Å²) in [6.07, 6.45) is 0.164. The molecule has 0 saturated heterocycles. The van der Waals surface area contributed by atoms with Crippen LogP contribution in [0, 0.1) is 0 Å². The zero-order chi connectivity index (χ0) is 11.2. The Morgan fingerprint density at radius 3 is 2.57 bits per heavy atom. The predicted molar refractivity (Wildman–Crippen MR) is 49.3 cm³/mol. The quantitative estimate of drug-likeness (QED) is 0.356. The Morgan fingerprint density at radius 1 is 1.57 bits per heavy atom. The number of methoxy groups -OCH3 is 1. The topological polar surface area (TPSA) is 102 Å². The lowest BCUT2D eigenvalue weighted by Gasteiger charge is -2.20. The molecule has 0 aromatic heterocycles. The van der Waals surface area contributed by atoms with Crippen LogP contribution in [0.15, 0.2) is 0 Å². The molecule has 0 saturated carbocycles. The summed E-state index contributed by atoms with van der Waals surface area (Å²) in [4.78, 5) is 21.3. The number of aliphatic hydroxyl groups is 1. The van der Waals surface area contributed by atoms with Crippen LogP contribution in [0.3, 0.4) is 0 Å². The van der Waals surface area contributed by atoms with Gasteiger partial charge in [0.2, 0.25) is 5.91 Å². The molecular formula is C8H16N2O4. The Hall–Kier alpha value is -1.14. The van der Waals surface area contributed by atoms with E-state index < -0.39 is 17.5 Å². The second-order valence-electron chi connectivity index (χ2n) is 3.16. The van der Waals surface area contributed by atoms with Crippen LogP contribution >= 0.6 is 0 Å². The van der Waals surface area contributed by atoms with Crippen LogP contribution in [0.1, 0.15) is 13.3 Å². The van der Waals surface area contributed by atoms with Gasteiger partial charge in [0.15, 0.2) is 5.60 Å². The highest BCUT2D eigenvalue weighted by molar-refractivity contribution is 5.78. The van der Waals surface area contributed by atoms with Gasteiger partial charge >= 0.3 is 5.97 Å². The van der Waals surface area contributed by atoms with Gasteiger partial charge in [0.25, 0.3) is 0 Å². The summed E-state index contributed by atoms with van der Waals surface area (Å²) >= 11 is 0. The normalized spacial score (nSPS) is 14.5. The minimum absolute atomic E-state index is 0.0208. The second-order valence-corrected chi connectivity index (χ2v) is 3.16. The lowest BCUT2D eigenvalue weighted by atomic mass is 10.1. The highest BCUT2D eigenvalue weighted by Crippen LogP contribution is 2.03. The molecule has 0 spiro atoms. The summed E-state index contributed by atoms with van der Waals surface area (Å²) in [6.45, 7) is 1.67. The van der Waals surface area contributed by atoms with E-state index in [4.69, 9.17) is 5.73 Å². The van der Waals surface area contributed by atoms with Crippen molar-refractivity contribution in [1.82, 2.24) is 5.32 Å². The first-order chi connectivity index (χ1) is 6.40. The van der Waals surface area contributed by atoms with Gasteiger partial charge in [-0.05, 0) is 6.92 Å². The average molecular weight is 204 g/mol. The molecule has 6 heteroatoms. The zero-order valence-electron chi connectivity index (χ0n) is 8.37. The molecule has 0 aliphatic rings. The fraction of sp³-hybridized carbons (Fsp3) is 0.750. The summed E-state index contributed by atoms with van der Waals surface area (Å²) in [5, 5.41) is 12.2. The molecule has 1 amide bonds. The number of primary amides is 1. The molecule has 0 heterocycles. The highest BCUT2D eigenvalue weighted by atomic mass is 16.5. The molecule has 14 heavy (non-hydrogen) atoms. The van der Waals surface area contributed by atoms with Gasteiger partial charge in [-0.3, -0.25) is 4.79 Å². The smallest absolute Gasteiger partial charge is 0.338 e. The maximum absolute atomic E-state index is 11.0. The van der Waals surface area contributed by atoms with E-state index in [-0.39, 0.29) is 13.0 Å². The molecule has 1 atom stereocenters. The van der Waals surface area contributed by atoms with Gasteiger partial charge in [0.1, 0.15) is 0 Å². The van der Waals surface area contributed by atoms with Crippen molar-refractivity contribution in [1.29, 1.82) is 0 Å². The van der Waals surface area contributed by atoms with Crippen LogP contribution in [0.2, 0.25) is 0 Å². The van der Waals surface area contributed by atoms with Crippen LogP contribution in [-0.4, -0.2) is 42.8 Å². The van der Waals surface area contributed by atoms with Crippen molar-refractivity contribution in [2.45, 2.75) is 18.9 Å². The highest BCUT2D eigenvalue weighted by Gasteiger charge is 2.30. The molecular weight excluding hydrogens is 188 g/mol. The number of ether oxygens (including phenoxy) is 1. The summed E-state index contributed by atoms with van der Waals surface area (Å²) < 4.78 is 4.37. The molecule has 0 bridgehead atoms. The first-order valence-corrected chi connectivity index (χ1v) is 4.20. The van der Waals surface area contributed by atoms with Gasteiger partial charge in [-0.1, -0.05) is 0 Å². The van der Waals surface area contributed by atoms with Crippen molar-refractivity contribution in [3.63, 3.8) is 0 Å². The number of nitrogens with two attached hydrogens (primary N) is 1. The predicted octanol–water partition coefficient (Wildman–Crippen LogP) is -1.62. The average Bonchev–Trinajstić information content (AvgIpc) is 2.10. The van der Waals surface area contributed by atoms with Crippen molar-refractivity contribution < 1.29 is 19.4 Å². The molecule has 4 N–H and O–H groups in total. The monoisotopic (exact) mass is 204 g/mol. The number of carbonyl (C=O) groups excluding carboxylic acids is 2. The van der Waals surface area contributed by atoms with E-state index in [0.717, 1.165) is 0 Å². The largest absolute Gasteiger partial charge is 0.467 e. The summed E-state index contributed by atoms with van der Waals surface area (Å²) in [5.41, 5.74) is 3.32. The van der Waals surface area contributed by atoms with Crippen LogP contribution < -0.4 is 11.1 Å². The third-order valence-corrected chi connectivity index (χ3v) is 1.64. The molecule has 0 aromatic rings. The number of nitrogens with one attached hydrogen (secondary N) is 1. The fourth-order valence-corrected chi connectivity index (χ4v) is 0.835. The first kappa shape index (κ1) is 12.9. The molecule has 0 aromatic carbocycles. The third kappa shape index (κ3) is 4.78. The molecule has 0 radical (unpaired) electrons. The van der Waals surface area contributed by atoms with Gasteiger partial charge in [0, 0.05) is 19.5 Å². The lowest BCUT2D eigenvalue weighted by Crippen LogP contribution is -2.46. The number of esters is 1. The molecule has 1 unspecified atom stereocenters. The number of hydrogen-bond acceptors (Lipinski definition) is 5. The molecule has 82 valence electrons. The van der Waals surface area contributed by atoms with E-state index in [2.05, 4.69) is 10.1 Å². The Labute approximate surface area is 82.4 Å². The Kier molecular flexibility index (Phi) is 5.11. The number of amides is 1. The van der Waals surface area contributed by atoms with Gasteiger partial charge in [0.05, 0.1) is 7.11 Å². The zero-order valence-corrected chi connectivity index (χ0v) is 8.37. The maximum Gasteiger partial charge on any atom is 0.338 e. The minimum Gasteiger partial charge on any atom is -0.467 e. The molecule has 0 aliphatic carbocycles. The molecule has 0 fully saturated rings. The minimum atomic E-state index is -1.58. The Balaban J connectivity index is 3.76. The van der Waals surface area contributed by atoms with Crippen molar-refractivity contribution >= 4 is 11.9 Å². The first-order valence-electron chi connectivity index (χ1n) is 4.20. The van der Waals surface area contributed by atoms with Gasteiger partial charge in [-0.15, -0.1) is 0 Å². The van der Waals surface area contributed by atoms with Crippen LogP contribution in [0.5, 0.6) is 0 Å². The van der Waals surface area contributed by atoms with E-state index in [1.54, 1.807) is 0 Å². The van der Waals surface area contributed by atoms with E-state index in [9.17, 15) is 14.7 Å². The number of carbonyl (C=O) groups is 2. The Bertz CT molecular complexity index is 215. The van der Waals surface area contributed by atoms with Gasteiger partial charge in [-0.2, -0.15) is 0 Å². The summed E-state index contributed by atoms with van der Waals surface area (Å²) in [7, 11) is 1.19. The summed E-state index contributed by atoms with van der Waals surface area (Å²) in [5.74, 6) is -1.15. The van der Waals surface area contributed by atoms with E-state index in [0.29, 0.717) is 6.54 Å². The summed E-state index contributed by atoms with van der Waals surface area (Å²) in [6, 6.07) is 0. The van der Waals surface area contributed by atoms with Crippen molar-refractivity contribution in [3.8, 4) is 0 Å². The van der Waals surface area contributed by atoms with Crippen molar-refractivity contribution in [2.24, 2.45) is 5.73 Å². The number of rotatable bonds is 6. The molecule has 0 aliphatic heterocycles. The van der Waals surface area contributed by atoms with Crippen molar-refractivity contribution in [2.75, 3.05) is 20.2 Å². The molecule has 0 rings (SSSR count). The Morgan fingerprint density at radius 2 is 2.14 bits per heavy atom. The van der Waals surface area contributed by atoms with Crippen molar-refractivity contribution in [3.05, 3.63) is 0 Å². The van der Waals surface area contributed by atoms with E-state index >= 15 is 0 Å². The number of hydrogen-bond donors (Lipinski definition) is 3. The lowest BCUT2D eigenvalue weighted by molar-refractivity contribution is -0.159. The van der Waals surface area contributed by atoms with Crippen LogP contribution in [-0.2, 0) is 14.3 Å². The van der Waals surface area contributed by atoms with Gasteiger partial charge < -0.3 is 20.9 Å². The SMILES string of the molecule is COC(=O)C(C)(O)CNCCC(N)=O. The molecule has 6 nitrogen and oxygen atoms in total. The maximum atomic E-state index is 11.0. The standard InChI is InChI=1S/C8H16N2O4/c1-8(13,7(12)14-2)5-10-4-3-6(9)11/h10,13H,3-5H2,1-2H3,(H2,9,11). The van der Waals surface area contributed by atoms with E-state index in [1.807, 2.05) is 0 Å². The fourth-order valence-electron chi connectivity index (χ4n) is 0.835. The second kappa shape index (κ2) is 5.56. The third-order valence-electron chi connectivity index (χ3n) is 1.64. The van der Waals surface area contributed by atoms with E-state index in [1.165, 1.54) is 14.0 Å². The van der Waals surface area contributed by atoms with Crippen LogP contribution in [0.4, 0.5) is 0 Å². The van der Waals surface area contributed by atoms with Crippen LogP contribution in [0.25, 0.3) is 0 Å². The van der Waals surface area contributed by atoms with Gasteiger partial charge in [-0.25, -0.2) is 4.79 Å².